The highest BCUT2D eigenvalue weighted by Crippen LogP contribution is 2.21. The first-order chi connectivity index (χ1) is 6.61. The zero-order chi connectivity index (χ0) is 10.3. The van der Waals surface area contributed by atoms with E-state index in [1.165, 1.54) is 6.07 Å². The maximum Gasteiger partial charge on any atom is 0.348 e. The van der Waals surface area contributed by atoms with Gasteiger partial charge in [-0.15, -0.1) is 11.3 Å². The van der Waals surface area contributed by atoms with Crippen molar-refractivity contribution in [3.8, 4) is 0 Å². The van der Waals surface area contributed by atoms with E-state index in [1.807, 2.05) is 0 Å². The minimum Gasteiger partial charge on any atom is -0.477 e. The lowest BCUT2D eigenvalue weighted by Crippen LogP contribution is -2.09. The summed E-state index contributed by atoms with van der Waals surface area (Å²) in [5.41, 5.74) is 1.34. The molecule has 0 radical (unpaired) electrons. The van der Waals surface area contributed by atoms with Gasteiger partial charge in [0, 0.05) is 0 Å². The molecule has 0 aliphatic carbocycles. The highest BCUT2D eigenvalue weighted by atomic mass is 32.1. The molecule has 0 amide bonds. The summed E-state index contributed by atoms with van der Waals surface area (Å²) < 4.78 is 0.758. The molecule has 0 saturated carbocycles. The van der Waals surface area contributed by atoms with Gasteiger partial charge in [-0.3, -0.25) is 15.0 Å². The molecule has 2 rings (SSSR count). The van der Waals surface area contributed by atoms with Gasteiger partial charge in [-0.1, -0.05) is 0 Å². The van der Waals surface area contributed by atoms with Crippen molar-refractivity contribution in [2.24, 2.45) is 0 Å². The van der Waals surface area contributed by atoms with Crippen LogP contribution in [0.15, 0.2) is 21.0 Å². The highest BCUT2D eigenvalue weighted by Gasteiger charge is 2.19. The molecule has 14 heavy (non-hydrogen) atoms. The van der Waals surface area contributed by atoms with Crippen molar-refractivity contribution < 1.29 is 9.90 Å². The summed E-state index contributed by atoms with van der Waals surface area (Å²) in [6.07, 6.45) is 0. The molecule has 0 atom stereocenters. The maximum absolute atomic E-state index is 10.6. The fourth-order valence-electron chi connectivity index (χ4n) is 0.920. The number of rotatable bonds is 3. The van der Waals surface area contributed by atoms with Gasteiger partial charge in [-0.2, -0.15) is 4.68 Å². The fourth-order valence-corrected chi connectivity index (χ4v) is 1.60. The van der Waals surface area contributed by atoms with Gasteiger partial charge in [-0.05, 0) is 11.4 Å². The van der Waals surface area contributed by atoms with E-state index in [0.29, 0.717) is 0 Å². The second-order valence-electron chi connectivity index (χ2n) is 2.53. The Bertz CT molecular complexity index is 535. The molecule has 2 aromatic rings. The van der Waals surface area contributed by atoms with Crippen LogP contribution in [0, 0.1) is 0 Å². The van der Waals surface area contributed by atoms with Crippen LogP contribution in [0.3, 0.4) is 0 Å². The Balaban J connectivity index is 2.30. The second-order valence-corrected chi connectivity index (χ2v) is 3.44. The number of aromatic carboxylic acids is 1. The molecule has 0 fully saturated rings. The number of carboxylic acids is 1. The minimum absolute atomic E-state index is 0.0671. The average Bonchev–Trinajstić information content (AvgIpc) is 2.59. The van der Waals surface area contributed by atoms with E-state index in [9.17, 15) is 14.4 Å². The summed E-state index contributed by atoms with van der Waals surface area (Å²) in [5, 5.41) is 10.3. The van der Waals surface area contributed by atoms with E-state index in [2.05, 4.69) is 5.43 Å². The predicted molar refractivity (Wildman–Crippen MR) is 49.6 cm³/mol. The number of anilines is 1. The third kappa shape index (κ3) is 1.23. The number of hydrogen-bond acceptors (Lipinski definition) is 5. The molecule has 72 valence electrons. The van der Waals surface area contributed by atoms with Gasteiger partial charge in [0.25, 0.3) is 0 Å². The molecule has 6 nitrogen and oxygen atoms in total. The fraction of sp³-hybridized carbons (Fsp3) is 0. The molecule has 7 heteroatoms. The van der Waals surface area contributed by atoms with Gasteiger partial charge in [0.1, 0.15) is 4.88 Å². The summed E-state index contributed by atoms with van der Waals surface area (Å²) in [6, 6.07) is 1.49. The normalized spacial score (nSPS) is 10.6. The molecular formula is C7H4N2O4S. The SMILES string of the molecule is O=C(O)c1sccc1Nn1c(=O)c1=O. The molecule has 0 aliphatic rings. The van der Waals surface area contributed by atoms with Crippen molar-refractivity contribution in [2.75, 3.05) is 5.43 Å². The van der Waals surface area contributed by atoms with E-state index in [-0.39, 0.29) is 10.6 Å². The van der Waals surface area contributed by atoms with Gasteiger partial charge < -0.3 is 5.11 Å². The monoisotopic (exact) mass is 212 g/mol. The van der Waals surface area contributed by atoms with Crippen molar-refractivity contribution in [2.45, 2.75) is 0 Å². The van der Waals surface area contributed by atoms with E-state index in [0.717, 1.165) is 16.0 Å². The van der Waals surface area contributed by atoms with Crippen LogP contribution in [0.5, 0.6) is 0 Å². The van der Waals surface area contributed by atoms with Gasteiger partial charge in [-0.25, -0.2) is 4.79 Å². The maximum atomic E-state index is 10.6. The number of hydrogen-bond donors (Lipinski definition) is 2. The van der Waals surface area contributed by atoms with Crippen LogP contribution in [-0.2, 0) is 0 Å². The van der Waals surface area contributed by atoms with Crippen LogP contribution in [0.2, 0.25) is 0 Å². The zero-order valence-corrected chi connectivity index (χ0v) is 7.50. The van der Waals surface area contributed by atoms with Crippen LogP contribution >= 0.6 is 11.3 Å². The van der Waals surface area contributed by atoms with Crippen molar-refractivity contribution in [3.63, 3.8) is 0 Å². The molecule has 2 heterocycles. The molecule has 0 aliphatic heterocycles. The first-order valence-electron chi connectivity index (χ1n) is 3.57. The largest absolute Gasteiger partial charge is 0.477 e. The molecule has 0 aromatic carbocycles. The van der Waals surface area contributed by atoms with Crippen LogP contribution in [-0.4, -0.2) is 15.8 Å². The minimum atomic E-state index is -1.09. The molecule has 0 bridgehead atoms. The van der Waals surface area contributed by atoms with Crippen molar-refractivity contribution >= 4 is 23.0 Å². The lowest BCUT2D eigenvalue weighted by molar-refractivity contribution is 0.0703. The summed E-state index contributed by atoms with van der Waals surface area (Å²) in [4.78, 5) is 31.9. The van der Waals surface area contributed by atoms with Gasteiger partial charge >= 0.3 is 17.1 Å². The van der Waals surface area contributed by atoms with Crippen LogP contribution in [0.4, 0.5) is 5.69 Å². The van der Waals surface area contributed by atoms with E-state index < -0.39 is 17.1 Å². The summed E-state index contributed by atoms with van der Waals surface area (Å²) in [6.45, 7) is 0. The standard InChI is InChI=1S/C7H4N2O4S/c10-5-6(11)9(5)8-3-1-2-14-4(3)7(12)13/h1-2,8H,(H,12,13). The Kier molecular flexibility index (Phi) is 1.74. The van der Waals surface area contributed by atoms with E-state index >= 15 is 0 Å². The highest BCUT2D eigenvalue weighted by molar-refractivity contribution is 7.12. The second kappa shape index (κ2) is 2.81. The first-order valence-corrected chi connectivity index (χ1v) is 4.45. The zero-order valence-electron chi connectivity index (χ0n) is 6.68. The lowest BCUT2D eigenvalue weighted by atomic mass is 10.4. The van der Waals surface area contributed by atoms with Crippen molar-refractivity contribution in [1.82, 2.24) is 4.68 Å². The Morgan fingerprint density at radius 3 is 2.57 bits per heavy atom. The third-order valence-electron chi connectivity index (χ3n) is 1.63. The van der Waals surface area contributed by atoms with E-state index in [1.54, 1.807) is 5.38 Å². The number of nitrogens with zero attached hydrogens (tertiary/aromatic N) is 1. The lowest BCUT2D eigenvalue weighted by Gasteiger charge is -1.98. The van der Waals surface area contributed by atoms with Crippen LogP contribution in [0.25, 0.3) is 0 Å². The van der Waals surface area contributed by atoms with E-state index in [4.69, 9.17) is 5.11 Å². The summed E-state index contributed by atoms with van der Waals surface area (Å²) >= 11 is 1.02. The molecule has 0 unspecified atom stereocenters. The Morgan fingerprint density at radius 1 is 1.43 bits per heavy atom. The van der Waals surface area contributed by atoms with Gasteiger partial charge in [0.15, 0.2) is 0 Å². The van der Waals surface area contributed by atoms with Crippen molar-refractivity contribution in [1.29, 1.82) is 0 Å². The van der Waals surface area contributed by atoms with Gasteiger partial charge in [0.05, 0.1) is 5.69 Å². The first kappa shape index (κ1) is 8.70. The predicted octanol–water partition coefficient (Wildman–Crippen LogP) is -0.281. The number of nitrogens with one attached hydrogen (secondary N) is 1. The Morgan fingerprint density at radius 2 is 2.07 bits per heavy atom. The molecule has 0 spiro atoms. The molecular weight excluding hydrogens is 208 g/mol. The quantitative estimate of drug-likeness (QED) is 0.683. The topological polar surface area (TPSA) is 88.4 Å². The Labute approximate surface area is 80.7 Å². The number of carbonyl (C=O) groups is 1. The van der Waals surface area contributed by atoms with Crippen LogP contribution in [0.1, 0.15) is 9.67 Å². The van der Waals surface area contributed by atoms with Crippen molar-refractivity contribution in [3.05, 3.63) is 37.0 Å². The third-order valence-corrected chi connectivity index (χ3v) is 2.53. The number of aromatic nitrogens is 1. The molecule has 0 saturated heterocycles. The van der Waals surface area contributed by atoms with Crippen LogP contribution < -0.4 is 16.5 Å². The average molecular weight is 212 g/mol. The van der Waals surface area contributed by atoms with Gasteiger partial charge in [0.2, 0.25) is 0 Å². The summed E-state index contributed by atoms with van der Waals surface area (Å²) in [7, 11) is 0. The number of carboxylic acid groups (broad SMARTS) is 1. The smallest absolute Gasteiger partial charge is 0.348 e. The summed E-state index contributed by atoms with van der Waals surface area (Å²) in [5.74, 6) is -1.09. The molecule has 2 aromatic heterocycles. The molecule has 2 N–H and O–H groups in total. The Hall–Kier alpha value is -1.89. The number of thiophene rings is 1.